The number of hydrogen-bond acceptors (Lipinski definition) is 7. The predicted octanol–water partition coefficient (Wildman–Crippen LogP) is 3.98. The van der Waals surface area contributed by atoms with Gasteiger partial charge in [-0.05, 0) is 50.6 Å². The summed E-state index contributed by atoms with van der Waals surface area (Å²) in [6.45, 7) is 11.0. The molecule has 1 N–H and O–H groups in total. The first kappa shape index (κ1) is 29.4. The number of halogens is 3. The van der Waals surface area contributed by atoms with E-state index in [9.17, 15) is 18.0 Å². The molecule has 3 aliphatic rings. The van der Waals surface area contributed by atoms with E-state index in [0.717, 1.165) is 40.8 Å². The summed E-state index contributed by atoms with van der Waals surface area (Å²) in [5, 5.41) is 1.16. The summed E-state index contributed by atoms with van der Waals surface area (Å²) in [7, 11) is 1.68. The number of hydrogen-bond donors (Lipinski definition) is 1. The Balaban J connectivity index is 1.27. The second kappa shape index (κ2) is 11.5. The number of aromatic amines is 1. The molecule has 2 saturated heterocycles. The van der Waals surface area contributed by atoms with Crippen LogP contribution >= 0.6 is 0 Å². The number of likely N-dealkylation sites (tertiary alicyclic amines) is 1. The first-order valence-electron chi connectivity index (χ1n) is 14.8. The highest BCUT2D eigenvalue weighted by Gasteiger charge is 2.43. The van der Waals surface area contributed by atoms with Crippen LogP contribution in [0.2, 0.25) is 0 Å². The Labute approximate surface area is 249 Å². The van der Waals surface area contributed by atoms with Gasteiger partial charge in [0.2, 0.25) is 0 Å². The minimum Gasteiger partial charge on any atom is -0.462 e. The van der Waals surface area contributed by atoms with Crippen LogP contribution < -0.4 is 9.64 Å². The lowest BCUT2D eigenvalue weighted by Gasteiger charge is -2.36. The quantitative estimate of drug-likeness (QED) is 0.413. The van der Waals surface area contributed by atoms with Gasteiger partial charge < -0.3 is 19.5 Å². The maximum atomic E-state index is 14.0. The molecule has 0 radical (unpaired) electrons. The molecule has 0 spiro atoms. The molecule has 2 fully saturated rings. The molecular weight excluding hydrogens is 559 g/mol. The summed E-state index contributed by atoms with van der Waals surface area (Å²) in [5.74, 6) is -4.35. The number of anilines is 1. The molecule has 0 unspecified atom stereocenters. The van der Waals surface area contributed by atoms with Gasteiger partial charge >= 0.3 is 6.01 Å². The number of carbonyl (C=O) groups is 1. The van der Waals surface area contributed by atoms with Crippen molar-refractivity contribution in [3.8, 4) is 6.01 Å². The second-order valence-electron chi connectivity index (χ2n) is 12.1. The Bertz CT molecular complexity index is 1550. The van der Waals surface area contributed by atoms with Crippen LogP contribution in [0.3, 0.4) is 0 Å². The van der Waals surface area contributed by atoms with Crippen molar-refractivity contribution in [3.05, 3.63) is 58.8 Å². The van der Waals surface area contributed by atoms with Gasteiger partial charge in [0.25, 0.3) is 11.8 Å². The number of aromatic nitrogens is 3. The monoisotopic (exact) mass is 597 g/mol. The van der Waals surface area contributed by atoms with Gasteiger partial charge in [-0.1, -0.05) is 6.58 Å². The Morgan fingerprint density at radius 1 is 1.19 bits per heavy atom. The van der Waals surface area contributed by atoms with Gasteiger partial charge in [0.05, 0.1) is 24.5 Å². The Morgan fingerprint density at radius 3 is 2.65 bits per heavy atom. The number of alkyl halides is 2. The molecule has 1 aromatic carbocycles. The minimum atomic E-state index is -2.74. The smallest absolute Gasteiger partial charge is 0.317 e. The molecule has 0 bridgehead atoms. The third-order valence-electron chi connectivity index (χ3n) is 9.10. The molecule has 230 valence electrons. The number of H-pyrrole nitrogens is 1. The second-order valence-corrected chi connectivity index (χ2v) is 12.1. The number of aryl methyl sites for hydroxylation is 1. The lowest BCUT2D eigenvalue weighted by Crippen LogP contribution is -2.48. The highest BCUT2D eigenvalue weighted by atomic mass is 19.3. The number of piperazine rings is 1. The highest BCUT2D eigenvalue weighted by Crippen LogP contribution is 2.36. The van der Waals surface area contributed by atoms with Crippen LogP contribution in [0.1, 0.15) is 34.5 Å². The lowest BCUT2D eigenvalue weighted by atomic mass is 9.98. The maximum absolute atomic E-state index is 14.0. The third-order valence-corrected chi connectivity index (χ3v) is 9.10. The third kappa shape index (κ3) is 5.95. The summed E-state index contributed by atoms with van der Waals surface area (Å²) in [6.07, 6.45) is 2.43. The van der Waals surface area contributed by atoms with Crippen LogP contribution in [0.25, 0.3) is 10.9 Å². The molecule has 43 heavy (non-hydrogen) atoms. The number of benzene rings is 1. The summed E-state index contributed by atoms with van der Waals surface area (Å²) in [5.41, 5.74) is 7.46. The van der Waals surface area contributed by atoms with Gasteiger partial charge in [0.1, 0.15) is 6.61 Å². The van der Waals surface area contributed by atoms with Crippen molar-refractivity contribution in [2.24, 2.45) is 0 Å². The van der Waals surface area contributed by atoms with Crippen LogP contribution in [-0.4, -0.2) is 100 Å². The van der Waals surface area contributed by atoms with Gasteiger partial charge in [-0.15, -0.1) is 0 Å². The standard InChI is InChI=1S/C31H38F3N7O2/c1-19-13-25-24(5-7-35-25)28(20(19)2)41-8-6-23-26(15-39-9-11-40(12-10-39)29(42)21(3)32)36-30(37-27(23)16-41)43-17-22-14-31(33,34)18-38(22)4/h5,7,13,22,35H,3,6,8-12,14-18H2,1-2,4H3/t22-/m0/s1. The Morgan fingerprint density at radius 2 is 1.95 bits per heavy atom. The number of ether oxygens (including phenoxy) is 1. The average Bonchev–Trinajstić information content (AvgIpc) is 3.53. The van der Waals surface area contributed by atoms with E-state index in [2.05, 4.69) is 47.3 Å². The maximum Gasteiger partial charge on any atom is 0.317 e. The van der Waals surface area contributed by atoms with Gasteiger partial charge in [-0.2, -0.15) is 9.97 Å². The largest absolute Gasteiger partial charge is 0.462 e. The number of likely N-dealkylation sites (N-methyl/N-ethyl adjacent to an activating group) is 1. The van der Waals surface area contributed by atoms with E-state index in [1.54, 1.807) is 11.9 Å². The van der Waals surface area contributed by atoms with Crippen molar-refractivity contribution < 1.29 is 22.7 Å². The van der Waals surface area contributed by atoms with Crippen molar-refractivity contribution in [2.45, 2.75) is 51.7 Å². The van der Waals surface area contributed by atoms with E-state index in [1.165, 1.54) is 21.7 Å². The van der Waals surface area contributed by atoms with E-state index in [-0.39, 0.29) is 25.6 Å². The summed E-state index contributed by atoms with van der Waals surface area (Å²) >= 11 is 0. The van der Waals surface area contributed by atoms with Crippen molar-refractivity contribution in [1.29, 1.82) is 0 Å². The van der Waals surface area contributed by atoms with Crippen LogP contribution in [0.4, 0.5) is 18.9 Å². The van der Waals surface area contributed by atoms with E-state index in [0.29, 0.717) is 39.3 Å². The molecule has 1 atom stereocenters. The molecule has 3 aliphatic heterocycles. The molecule has 9 nitrogen and oxygen atoms in total. The topological polar surface area (TPSA) is 80.8 Å². The van der Waals surface area contributed by atoms with E-state index < -0.39 is 23.7 Å². The first-order valence-corrected chi connectivity index (χ1v) is 14.8. The van der Waals surface area contributed by atoms with E-state index in [1.807, 2.05) is 6.20 Å². The van der Waals surface area contributed by atoms with Crippen LogP contribution in [-0.2, 0) is 24.3 Å². The zero-order valence-corrected chi connectivity index (χ0v) is 24.9. The Kier molecular flexibility index (Phi) is 7.84. The zero-order valence-electron chi connectivity index (χ0n) is 24.9. The average molecular weight is 598 g/mol. The van der Waals surface area contributed by atoms with Crippen molar-refractivity contribution in [1.82, 2.24) is 29.7 Å². The molecule has 2 aromatic heterocycles. The minimum absolute atomic E-state index is 0.0723. The van der Waals surface area contributed by atoms with E-state index in [4.69, 9.17) is 14.7 Å². The molecule has 12 heteroatoms. The van der Waals surface area contributed by atoms with E-state index >= 15 is 0 Å². The van der Waals surface area contributed by atoms with Crippen molar-refractivity contribution >= 4 is 22.5 Å². The summed E-state index contributed by atoms with van der Waals surface area (Å²) < 4.78 is 47.4. The molecule has 0 aliphatic carbocycles. The van der Waals surface area contributed by atoms with Crippen LogP contribution in [0.15, 0.2) is 30.7 Å². The fourth-order valence-corrected chi connectivity index (χ4v) is 6.61. The number of nitrogens with zero attached hydrogens (tertiary/aromatic N) is 6. The normalized spacial score (nSPS) is 20.9. The van der Waals surface area contributed by atoms with Gasteiger partial charge in [-0.25, -0.2) is 13.2 Å². The zero-order chi connectivity index (χ0) is 30.5. The molecule has 0 saturated carbocycles. The molecule has 3 aromatic rings. The number of amides is 1. The summed E-state index contributed by atoms with van der Waals surface area (Å²) in [6, 6.07) is 4.03. The van der Waals surface area contributed by atoms with Gasteiger partial charge in [0, 0.05) is 80.1 Å². The lowest BCUT2D eigenvalue weighted by molar-refractivity contribution is -0.130. The van der Waals surface area contributed by atoms with Crippen molar-refractivity contribution in [2.75, 3.05) is 57.8 Å². The number of carbonyl (C=O) groups excluding carboxylic acids is 1. The SMILES string of the molecule is C=C(F)C(=O)N1CCN(Cc2nc(OC[C@@H]3CC(F)(F)CN3C)nc3c2CCN(c2c(C)c(C)cc4[nH]ccc24)C3)CC1. The number of rotatable bonds is 7. The first-order chi connectivity index (χ1) is 20.5. The highest BCUT2D eigenvalue weighted by molar-refractivity contribution is 5.95. The number of nitrogens with one attached hydrogen (secondary N) is 1. The van der Waals surface area contributed by atoms with Crippen LogP contribution in [0.5, 0.6) is 6.01 Å². The molecule has 6 rings (SSSR count). The molecule has 5 heterocycles. The van der Waals surface area contributed by atoms with Crippen molar-refractivity contribution in [3.63, 3.8) is 0 Å². The van der Waals surface area contributed by atoms with Gasteiger partial charge in [0.15, 0.2) is 5.83 Å². The molecular formula is C31H38F3N7O2. The summed E-state index contributed by atoms with van der Waals surface area (Å²) in [4.78, 5) is 32.6. The Hall–Kier alpha value is -3.64. The van der Waals surface area contributed by atoms with Crippen LogP contribution in [0, 0.1) is 13.8 Å². The fourth-order valence-electron chi connectivity index (χ4n) is 6.61. The van der Waals surface area contributed by atoms with Gasteiger partial charge in [-0.3, -0.25) is 14.6 Å². The fraction of sp³-hybridized carbons (Fsp3) is 0.516. The molecule has 1 amide bonds. The predicted molar refractivity (Wildman–Crippen MR) is 158 cm³/mol. The number of fused-ring (bicyclic) bond motifs is 2.